The number of carbonyl (C=O) groups excluding carboxylic acids is 1. The van der Waals surface area contributed by atoms with Crippen LogP contribution in [-0.4, -0.2) is 29.8 Å². The van der Waals surface area contributed by atoms with Crippen LogP contribution in [0.15, 0.2) is 17.4 Å². The Balaban J connectivity index is 2.28. The molecule has 0 aliphatic carbocycles. The molecular weight excluding hydrogens is 170 g/mol. The number of hydrazone groups is 1. The third-order valence-corrected chi connectivity index (χ3v) is 1.28. The van der Waals surface area contributed by atoms with Gasteiger partial charge >= 0.3 is 5.97 Å². The largest absolute Gasteiger partial charge is 0.462 e. The van der Waals surface area contributed by atoms with Crippen LogP contribution in [-0.2, 0) is 9.53 Å². The van der Waals surface area contributed by atoms with Gasteiger partial charge < -0.3 is 4.74 Å². The lowest BCUT2D eigenvalue weighted by Gasteiger charge is -2.20. The molecule has 0 amide bonds. The highest BCUT2D eigenvalue weighted by atomic mass is 16.5. The van der Waals surface area contributed by atoms with Gasteiger partial charge in [0.2, 0.25) is 0 Å². The van der Waals surface area contributed by atoms with Crippen molar-refractivity contribution >= 4 is 12.2 Å². The van der Waals surface area contributed by atoms with E-state index in [-0.39, 0.29) is 18.6 Å². The Morgan fingerprint density at radius 2 is 2.46 bits per heavy atom. The molecule has 13 heavy (non-hydrogen) atoms. The van der Waals surface area contributed by atoms with Crippen LogP contribution in [0.3, 0.4) is 0 Å². The SMILES string of the molecule is CC(C)OC(=O)CN1C=CC=NN1. The molecular formula is C8H13N3O2. The molecule has 0 bridgehead atoms. The van der Waals surface area contributed by atoms with E-state index in [9.17, 15) is 4.79 Å². The number of carbonyl (C=O) groups is 1. The minimum absolute atomic E-state index is 0.0789. The zero-order valence-electron chi connectivity index (χ0n) is 7.73. The van der Waals surface area contributed by atoms with Gasteiger partial charge in [-0.1, -0.05) is 0 Å². The molecule has 0 saturated heterocycles. The predicted molar refractivity (Wildman–Crippen MR) is 48.7 cm³/mol. The van der Waals surface area contributed by atoms with Crippen molar-refractivity contribution in [3.05, 3.63) is 12.3 Å². The highest BCUT2D eigenvalue weighted by Gasteiger charge is 2.09. The Hall–Kier alpha value is -1.52. The second kappa shape index (κ2) is 4.49. The van der Waals surface area contributed by atoms with Crippen molar-refractivity contribution in [3.8, 4) is 0 Å². The number of hydrogen-bond acceptors (Lipinski definition) is 5. The second-order valence-electron chi connectivity index (χ2n) is 2.89. The van der Waals surface area contributed by atoms with Gasteiger partial charge in [-0.25, -0.2) is 5.53 Å². The zero-order valence-corrected chi connectivity index (χ0v) is 7.73. The normalized spacial score (nSPS) is 14.5. The van der Waals surface area contributed by atoms with Crippen molar-refractivity contribution in [2.24, 2.45) is 5.10 Å². The maximum Gasteiger partial charge on any atom is 0.327 e. The fourth-order valence-corrected chi connectivity index (χ4v) is 0.854. The third kappa shape index (κ3) is 3.59. The fourth-order valence-electron chi connectivity index (χ4n) is 0.854. The zero-order chi connectivity index (χ0) is 9.68. The summed E-state index contributed by atoms with van der Waals surface area (Å²) in [6.45, 7) is 3.79. The van der Waals surface area contributed by atoms with Crippen LogP contribution in [0.2, 0.25) is 0 Å². The molecule has 1 heterocycles. The van der Waals surface area contributed by atoms with Gasteiger partial charge in [-0.05, 0) is 19.9 Å². The Morgan fingerprint density at radius 3 is 3.00 bits per heavy atom. The lowest BCUT2D eigenvalue weighted by Crippen LogP contribution is -2.36. The van der Waals surface area contributed by atoms with E-state index in [1.165, 1.54) is 0 Å². The third-order valence-electron chi connectivity index (χ3n) is 1.28. The van der Waals surface area contributed by atoms with Crippen molar-refractivity contribution in [1.82, 2.24) is 10.5 Å². The molecule has 0 aromatic heterocycles. The van der Waals surface area contributed by atoms with E-state index >= 15 is 0 Å². The quantitative estimate of drug-likeness (QED) is 0.637. The lowest BCUT2D eigenvalue weighted by atomic mass is 10.5. The summed E-state index contributed by atoms with van der Waals surface area (Å²) in [5, 5.41) is 5.29. The minimum atomic E-state index is -0.274. The van der Waals surface area contributed by atoms with Gasteiger partial charge in [-0.3, -0.25) is 9.80 Å². The number of nitrogens with zero attached hydrogens (tertiary/aromatic N) is 2. The maximum atomic E-state index is 11.1. The molecule has 72 valence electrons. The molecule has 0 atom stereocenters. The topological polar surface area (TPSA) is 53.9 Å². The first-order valence-corrected chi connectivity index (χ1v) is 4.10. The van der Waals surface area contributed by atoms with Gasteiger partial charge in [-0.2, -0.15) is 5.10 Å². The molecule has 0 unspecified atom stereocenters. The van der Waals surface area contributed by atoms with Crippen LogP contribution in [0, 0.1) is 0 Å². The standard InChI is InChI=1S/C8H13N3O2/c1-7(2)13-8(12)6-11-5-3-4-9-10-11/h3-5,7,10H,6H2,1-2H3. The van der Waals surface area contributed by atoms with E-state index in [4.69, 9.17) is 4.74 Å². The van der Waals surface area contributed by atoms with Gasteiger partial charge in [0, 0.05) is 6.20 Å². The smallest absolute Gasteiger partial charge is 0.327 e. The predicted octanol–water partition coefficient (Wildman–Crippen LogP) is 0.258. The first kappa shape index (κ1) is 9.57. The van der Waals surface area contributed by atoms with Crippen molar-refractivity contribution in [1.29, 1.82) is 0 Å². The van der Waals surface area contributed by atoms with Crippen LogP contribution < -0.4 is 5.53 Å². The van der Waals surface area contributed by atoms with Crippen LogP contribution in [0.25, 0.3) is 0 Å². The summed E-state index contributed by atoms with van der Waals surface area (Å²) >= 11 is 0. The fraction of sp³-hybridized carbons (Fsp3) is 0.500. The summed E-state index contributed by atoms with van der Waals surface area (Å²) in [6, 6.07) is 0. The molecule has 1 aliphatic heterocycles. The van der Waals surface area contributed by atoms with E-state index < -0.39 is 0 Å². The summed E-state index contributed by atoms with van der Waals surface area (Å²) in [6.07, 6.45) is 4.97. The Morgan fingerprint density at radius 1 is 1.69 bits per heavy atom. The van der Waals surface area contributed by atoms with Crippen molar-refractivity contribution in [2.45, 2.75) is 20.0 Å². The molecule has 0 aromatic carbocycles. The van der Waals surface area contributed by atoms with E-state index in [0.717, 1.165) is 0 Å². The lowest BCUT2D eigenvalue weighted by molar-refractivity contribution is -0.148. The molecule has 0 aromatic rings. The highest BCUT2D eigenvalue weighted by molar-refractivity contribution is 5.73. The number of allylic oxidation sites excluding steroid dienone is 1. The molecule has 1 N–H and O–H groups in total. The number of hydrazine groups is 1. The van der Waals surface area contributed by atoms with Gasteiger partial charge in [0.1, 0.15) is 6.54 Å². The Labute approximate surface area is 77.0 Å². The van der Waals surface area contributed by atoms with Crippen LogP contribution in [0.5, 0.6) is 0 Å². The van der Waals surface area contributed by atoms with Crippen molar-refractivity contribution < 1.29 is 9.53 Å². The van der Waals surface area contributed by atoms with E-state index in [1.807, 2.05) is 13.8 Å². The van der Waals surface area contributed by atoms with E-state index in [0.29, 0.717) is 0 Å². The maximum absolute atomic E-state index is 11.1. The van der Waals surface area contributed by atoms with Crippen LogP contribution in [0.4, 0.5) is 0 Å². The van der Waals surface area contributed by atoms with Gasteiger partial charge in [0.05, 0.1) is 12.3 Å². The molecule has 1 aliphatic rings. The van der Waals surface area contributed by atoms with Crippen LogP contribution >= 0.6 is 0 Å². The average molecular weight is 183 g/mol. The van der Waals surface area contributed by atoms with Gasteiger partial charge in [0.25, 0.3) is 0 Å². The minimum Gasteiger partial charge on any atom is -0.462 e. The van der Waals surface area contributed by atoms with E-state index in [1.54, 1.807) is 23.5 Å². The van der Waals surface area contributed by atoms with Gasteiger partial charge in [-0.15, -0.1) is 0 Å². The summed E-state index contributed by atoms with van der Waals surface area (Å²) in [5.41, 5.74) is 2.64. The number of rotatable bonds is 3. The molecule has 1 rings (SSSR count). The average Bonchev–Trinajstić information content (AvgIpc) is 2.04. The van der Waals surface area contributed by atoms with Gasteiger partial charge in [0.15, 0.2) is 0 Å². The first-order chi connectivity index (χ1) is 6.18. The molecule has 5 nitrogen and oxygen atoms in total. The number of nitrogens with one attached hydrogen (secondary N) is 1. The molecule has 5 heteroatoms. The van der Waals surface area contributed by atoms with E-state index in [2.05, 4.69) is 10.6 Å². The Kier molecular flexibility index (Phi) is 3.31. The van der Waals surface area contributed by atoms with Crippen LogP contribution in [0.1, 0.15) is 13.8 Å². The highest BCUT2D eigenvalue weighted by Crippen LogP contribution is 1.94. The molecule has 0 radical (unpaired) electrons. The number of hydrogen-bond donors (Lipinski definition) is 1. The molecule has 0 saturated carbocycles. The summed E-state index contributed by atoms with van der Waals surface area (Å²) in [4.78, 5) is 11.1. The molecule has 0 spiro atoms. The molecule has 0 fully saturated rings. The number of esters is 1. The first-order valence-electron chi connectivity index (χ1n) is 4.10. The Bertz CT molecular complexity index is 236. The van der Waals surface area contributed by atoms with Crippen molar-refractivity contribution in [2.75, 3.05) is 6.54 Å². The summed E-state index contributed by atoms with van der Waals surface area (Å²) in [5.74, 6) is -0.274. The summed E-state index contributed by atoms with van der Waals surface area (Å²) < 4.78 is 4.95. The second-order valence-corrected chi connectivity index (χ2v) is 2.89. The van der Waals surface area contributed by atoms with Crippen molar-refractivity contribution in [3.63, 3.8) is 0 Å². The number of ether oxygens (including phenoxy) is 1. The summed E-state index contributed by atoms with van der Waals surface area (Å²) in [7, 11) is 0. The monoisotopic (exact) mass is 183 g/mol.